The van der Waals surface area contributed by atoms with Crippen LogP contribution in [0.5, 0.6) is 17.2 Å². The number of ether oxygens (including phenoxy) is 8. The molecule has 3 amide bonds. The highest BCUT2D eigenvalue weighted by Crippen LogP contribution is 2.51. The molecule has 134 heavy (non-hydrogen) atoms. The number of nitrogens with zero attached hydrogens (tertiary/aromatic N) is 12. The van der Waals surface area contributed by atoms with Crippen molar-refractivity contribution < 1.29 is 52.3 Å². The number of aromatic nitrogens is 6. The first-order chi connectivity index (χ1) is 65.7. The Morgan fingerprint density at radius 1 is 0.373 bits per heavy atom. The molecule has 0 unspecified atom stereocenters. The molecule has 0 radical (unpaired) electrons. The lowest BCUT2D eigenvalue weighted by molar-refractivity contribution is -0.133. The van der Waals surface area contributed by atoms with Crippen molar-refractivity contribution in [2.75, 3.05) is 125 Å². The van der Waals surface area contributed by atoms with Crippen LogP contribution < -0.4 is 39.1 Å². The van der Waals surface area contributed by atoms with Gasteiger partial charge in [-0.3, -0.25) is 19.4 Å². The summed E-state index contributed by atoms with van der Waals surface area (Å²) in [5.74, 6) is 5.14. The molecule has 10 aromatic carbocycles. The van der Waals surface area contributed by atoms with Crippen molar-refractivity contribution in [3.63, 3.8) is 0 Å². The number of hydrogen-bond acceptors (Lipinski definition) is 21. The number of anilines is 5. The summed E-state index contributed by atoms with van der Waals surface area (Å²) in [5, 5.41) is 4.74. The van der Waals surface area contributed by atoms with Gasteiger partial charge < -0.3 is 72.6 Å². The molecule has 6 saturated heterocycles. The van der Waals surface area contributed by atoms with Crippen LogP contribution in [0, 0.1) is 0 Å². The fourth-order valence-electron chi connectivity index (χ4n) is 21.8. The van der Waals surface area contributed by atoms with Crippen LogP contribution in [0.1, 0.15) is 162 Å². The molecule has 0 saturated carbocycles. The number of para-hydroxylation sites is 2. The highest BCUT2D eigenvalue weighted by Gasteiger charge is 2.48. The first-order valence-corrected chi connectivity index (χ1v) is 47.4. The van der Waals surface area contributed by atoms with Gasteiger partial charge in [0.15, 0.2) is 11.5 Å². The van der Waals surface area contributed by atoms with E-state index in [1.807, 2.05) is 119 Å². The van der Waals surface area contributed by atoms with E-state index in [2.05, 4.69) is 177 Å². The van der Waals surface area contributed by atoms with E-state index in [1.54, 1.807) is 40.1 Å². The molecule has 686 valence electrons. The zero-order valence-corrected chi connectivity index (χ0v) is 76.8. The summed E-state index contributed by atoms with van der Waals surface area (Å²) in [5.41, 5.74) is 19.9. The highest BCUT2D eigenvalue weighted by atomic mass is 16.5. The minimum absolute atomic E-state index is 0.0204. The summed E-state index contributed by atoms with van der Waals surface area (Å²) < 4.78 is 47.5. The lowest BCUT2D eigenvalue weighted by Crippen LogP contribution is -2.45. The van der Waals surface area contributed by atoms with Gasteiger partial charge >= 0.3 is 0 Å². The highest BCUT2D eigenvalue weighted by molar-refractivity contribution is 5.96. The summed E-state index contributed by atoms with van der Waals surface area (Å²) in [6.45, 7) is 15.7. The van der Waals surface area contributed by atoms with Crippen LogP contribution >= 0.6 is 0 Å². The van der Waals surface area contributed by atoms with Crippen LogP contribution in [0.3, 0.4) is 0 Å². The third-order valence-electron chi connectivity index (χ3n) is 29.3. The van der Waals surface area contributed by atoms with E-state index in [0.29, 0.717) is 44.4 Å². The minimum atomic E-state index is -0.226. The normalized spacial score (nSPS) is 18.7. The first-order valence-electron chi connectivity index (χ1n) is 47.4. The number of amides is 3. The second-order valence-electron chi connectivity index (χ2n) is 36.7. The smallest absolute Gasteiger partial charge is 0.253 e. The molecule has 11 aliphatic rings. The zero-order chi connectivity index (χ0) is 91.2. The van der Waals surface area contributed by atoms with Crippen molar-refractivity contribution in [3.8, 4) is 17.2 Å². The Kier molecular flexibility index (Phi) is 25.7. The second kappa shape index (κ2) is 38.8. The summed E-state index contributed by atoms with van der Waals surface area (Å²) in [7, 11) is 4.96. The lowest BCUT2D eigenvalue weighted by atomic mass is 9.83. The molecule has 0 aliphatic carbocycles. The van der Waals surface area contributed by atoms with Gasteiger partial charge in [0.2, 0.25) is 11.8 Å². The number of benzene rings is 10. The molecule has 13 aromatic rings. The Morgan fingerprint density at radius 3 is 1.25 bits per heavy atom. The summed E-state index contributed by atoms with van der Waals surface area (Å²) in [4.78, 5) is 77.3. The number of carbonyl (C=O) groups excluding carboxylic acids is 3. The van der Waals surface area contributed by atoms with Crippen molar-refractivity contribution in [2.45, 2.75) is 151 Å². The largest absolute Gasteiger partial charge is 0.497 e. The molecule has 1 N–H and O–H groups in total. The van der Waals surface area contributed by atoms with Gasteiger partial charge in [-0.1, -0.05) is 146 Å². The van der Waals surface area contributed by atoms with Crippen molar-refractivity contribution in [1.29, 1.82) is 0 Å². The van der Waals surface area contributed by atoms with Gasteiger partial charge in [-0.15, -0.1) is 0 Å². The maximum atomic E-state index is 13.0. The van der Waals surface area contributed by atoms with E-state index in [4.69, 9.17) is 42.9 Å². The molecular formula is C110H115N13O11. The van der Waals surface area contributed by atoms with Crippen molar-refractivity contribution in [3.05, 3.63) is 316 Å². The predicted molar refractivity (Wildman–Crippen MR) is 520 cm³/mol. The number of rotatable bonds is 11. The fourth-order valence-corrected chi connectivity index (χ4v) is 21.8. The van der Waals surface area contributed by atoms with Crippen molar-refractivity contribution >= 4 is 85.5 Å². The summed E-state index contributed by atoms with van der Waals surface area (Å²) in [6, 6.07) is 76.2. The van der Waals surface area contributed by atoms with Gasteiger partial charge in [-0.25, -0.2) is 24.9 Å². The van der Waals surface area contributed by atoms with E-state index in [0.717, 1.165) is 216 Å². The van der Waals surface area contributed by atoms with Gasteiger partial charge in [0.1, 0.15) is 35.9 Å². The number of piperidine rings is 6. The van der Waals surface area contributed by atoms with Crippen molar-refractivity contribution in [1.82, 2.24) is 39.7 Å². The van der Waals surface area contributed by atoms with Crippen molar-refractivity contribution in [2.24, 2.45) is 0 Å². The molecule has 5 spiro atoms. The number of hydrogen-bond donors (Lipinski definition) is 1. The monoisotopic (exact) mass is 1790 g/mol. The number of methoxy groups -OCH3 is 3. The van der Waals surface area contributed by atoms with Gasteiger partial charge in [0, 0.05) is 125 Å². The minimum Gasteiger partial charge on any atom is -0.497 e. The maximum absolute atomic E-state index is 13.0. The van der Waals surface area contributed by atoms with E-state index in [-0.39, 0.29) is 45.7 Å². The molecule has 14 heterocycles. The van der Waals surface area contributed by atoms with Gasteiger partial charge in [0.25, 0.3) is 5.91 Å². The van der Waals surface area contributed by atoms with E-state index in [1.165, 1.54) is 87.5 Å². The molecule has 0 atom stereocenters. The molecule has 24 heteroatoms. The Morgan fingerprint density at radius 2 is 0.791 bits per heavy atom. The Labute approximate surface area is 782 Å². The number of fused-ring (bicyclic) bond motifs is 13. The maximum Gasteiger partial charge on any atom is 0.253 e. The van der Waals surface area contributed by atoms with Gasteiger partial charge in [0.05, 0.1) is 111 Å². The van der Waals surface area contributed by atoms with Crippen LogP contribution in [0.25, 0.3) is 38.9 Å². The van der Waals surface area contributed by atoms with Crippen LogP contribution in [0.15, 0.2) is 249 Å². The zero-order valence-electron chi connectivity index (χ0n) is 76.8. The summed E-state index contributed by atoms with van der Waals surface area (Å²) in [6.07, 6.45) is 21.7. The molecular weight excluding hydrogens is 1680 g/mol. The SMILES string of the molecule is CC(=O)Nc1ccc(/C=C/C(=O)N2CCC3(CC2)OCc2ccccc23)cc1.COc1cc2ncnc(N3CCC4(CC3)OCc3ccccc34)c2cc1OC.COc1ccc2ncnc(N3CCC4(CC3)OCc3ccccc34)c2c1.O=C(c1ccc(N2CCCCC2)cc1)N1CCC2(CC1)OCc1ccccc12.c1ccc2c(c1)COC21CCN(c2cnc3ccccc3n2)CC1. The standard InChI is InChI=1S/C24H28N2O2.C23H24N2O3.C22H23N3O3.C21H21N3O2.C20H19N3O/c27-23(19-8-10-21(11-9-19)25-14-4-1-5-15-25)26-16-12-24(13-17-26)22-7-3-2-6-20(22)18-28-24;1-17(26)24-20-9-6-18(7-10-20)8-11-22(27)25-14-12-23(13-15-25)21-5-3-2-4-19(21)16-28-23;1-26-19-11-16-18(12-20(19)27-2)23-14-24-21(16)25-9-7-22(8-10-25)17-6-4-3-5-15(17)13-28-22;1-25-16-6-7-19-17(12-16)20(23-14-22-19)24-10-8-21(9-11-24)18-5-3-2-4-15(18)13-26-21;1-2-6-16-15(5-1)14-24-20(16)9-11-23(12-10-20)19-13-21-17-7-3-4-8-18(17)22-19/h2-3,6-11H,1,4-5,12-18H2;2-11H,12-16H2,1H3,(H,24,26);3-6,11-12,14H,7-10,13H2,1-2H3;2-7,12,14H,8-11,13H2,1H3;1-8,13H,9-12,14H2/b;11-8+;;;. The first kappa shape index (κ1) is 88.7. The average molecular weight is 1800 g/mol. The predicted octanol–water partition coefficient (Wildman–Crippen LogP) is 19.0. The van der Waals surface area contributed by atoms with E-state index >= 15 is 0 Å². The average Bonchev–Trinajstić information content (AvgIpc) is 1.59. The Hall–Kier alpha value is -13.2. The van der Waals surface area contributed by atoms with E-state index < -0.39 is 0 Å². The number of likely N-dealkylation sites (tertiary alicyclic amines) is 2. The van der Waals surface area contributed by atoms with Crippen LogP contribution in [0.4, 0.5) is 28.8 Å². The van der Waals surface area contributed by atoms with E-state index in [9.17, 15) is 14.4 Å². The second-order valence-corrected chi connectivity index (χ2v) is 36.7. The number of carbonyl (C=O) groups is 3. The molecule has 0 bridgehead atoms. The Balaban J connectivity index is 0.000000104. The third-order valence-corrected chi connectivity index (χ3v) is 29.3. The molecule has 11 aliphatic heterocycles. The molecule has 3 aromatic heterocycles. The Bertz CT molecular complexity index is 6450. The number of nitrogens with one attached hydrogen (secondary N) is 1. The summed E-state index contributed by atoms with van der Waals surface area (Å²) >= 11 is 0. The van der Waals surface area contributed by atoms with Gasteiger partial charge in [-0.2, -0.15) is 0 Å². The van der Waals surface area contributed by atoms with Gasteiger partial charge in [-0.05, 0) is 224 Å². The topological polar surface area (TPSA) is 234 Å². The quantitative estimate of drug-likeness (QED) is 0.119. The van der Waals surface area contributed by atoms with Crippen LogP contribution in [-0.2, 0) is 94.3 Å². The lowest BCUT2D eigenvalue weighted by Gasteiger charge is -2.40. The third kappa shape index (κ3) is 18.1. The molecule has 24 rings (SSSR count). The van der Waals surface area contributed by atoms with Crippen LogP contribution in [0.2, 0.25) is 0 Å². The fraction of sp³-hybridized carbons (Fsp3) is 0.355. The molecule has 6 fully saturated rings. The molecule has 24 nitrogen and oxygen atoms in total. The van der Waals surface area contributed by atoms with Crippen LogP contribution in [-0.4, -0.2) is 157 Å².